The molecule has 0 atom stereocenters. The van der Waals surface area contributed by atoms with E-state index in [0.29, 0.717) is 5.69 Å². The number of rotatable bonds is 5. The maximum absolute atomic E-state index is 12.9. The Hall–Kier alpha value is -3.20. The van der Waals surface area contributed by atoms with E-state index in [9.17, 15) is 13.2 Å². The van der Waals surface area contributed by atoms with Crippen LogP contribution in [-0.2, 0) is 6.18 Å². The van der Waals surface area contributed by atoms with Crippen molar-refractivity contribution in [3.63, 3.8) is 0 Å². The highest BCUT2D eigenvalue weighted by atomic mass is 19.4. The van der Waals surface area contributed by atoms with Gasteiger partial charge in [-0.1, -0.05) is 13.0 Å². The van der Waals surface area contributed by atoms with E-state index >= 15 is 0 Å². The highest BCUT2D eigenvalue weighted by Crippen LogP contribution is 2.30. The lowest BCUT2D eigenvalue weighted by atomic mass is 10.0. The molecule has 2 aromatic heterocycles. The van der Waals surface area contributed by atoms with E-state index in [0.717, 1.165) is 67.5 Å². The third-order valence-electron chi connectivity index (χ3n) is 5.50. The average Bonchev–Trinajstić information content (AvgIpc) is 2.78. The Labute approximate surface area is 185 Å². The maximum Gasteiger partial charge on any atom is 0.433 e. The summed E-state index contributed by atoms with van der Waals surface area (Å²) in [5.41, 5.74) is 2.42. The summed E-state index contributed by atoms with van der Waals surface area (Å²) in [4.78, 5) is 16.8. The standard InChI is InChI=1S/C23H25F3N6/c1-3-31-8-10-32(11-9-31)21-5-4-17(15-28-21)18-12-16(2)13-19(14-18)29-22-27-7-6-20(30-22)23(24,25)26/h4-7,12-15H,3,8-11H2,1-2H3,(H,27,29,30). The number of likely N-dealkylation sites (N-methyl/N-ethyl adjacent to an activating group) is 1. The van der Waals surface area contributed by atoms with Crippen molar-refractivity contribution in [1.82, 2.24) is 19.9 Å². The Morgan fingerprint density at radius 1 is 0.969 bits per heavy atom. The van der Waals surface area contributed by atoms with Gasteiger partial charge in [0.15, 0.2) is 0 Å². The van der Waals surface area contributed by atoms with Crippen molar-refractivity contribution in [2.24, 2.45) is 0 Å². The van der Waals surface area contributed by atoms with Crippen LogP contribution in [0.1, 0.15) is 18.2 Å². The summed E-state index contributed by atoms with van der Waals surface area (Å²) in [6, 6.07) is 10.6. The zero-order valence-electron chi connectivity index (χ0n) is 18.0. The molecular weight excluding hydrogens is 417 g/mol. The molecule has 0 amide bonds. The number of alkyl halides is 3. The Kier molecular flexibility index (Phi) is 6.27. The van der Waals surface area contributed by atoms with Crippen LogP contribution in [0, 0.1) is 6.92 Å². The van der Waals surface area contributed by atoms with Crippen LogP contribution < -0.4 is 10.2 Å². The van der Waals surface area contributed by atoms with E-state index in [1.165, 1.54) is 0 Å². The number of hydrogen-bond donors (Lipinski definition) is 1. The van der Waals surface area contributed by atoms with Gasteiger partial charge in [0, 0.05) is 49.8 Å². The number of halogens is 3. The van der Waals surface area contributed by atoms with Crippen molar-refractivity contribution < 1.29 is 13.2 Å². The number of piperazine rings is 1. The molecule has 1 saturated heterocycles. The van der Waals surface area contributed by atoms with Crippen molar-refractivity contribution in [1.29, 1.82) is 0 Å². The monoisotopic (exact) mass is 442 g/mol. The molecule has 0 aliphatic carbocycles. The fourth-order valence-electron chi connectivity index (χ4n) is 3.76. The molecule has 9 heteroatoms. The van der Waals surface area contributed by atoms with Crippen LogP contribution in [0.5, 0.6) is 0 Å². The number of hydrogen-bond acceptors (Lipinski definition) is 6. The van der Waals surface area contributed by atoms with Crippen molar-refractivity contribution in [2.75, 3.05) is 42.9 Å². The van der Waals surface area contributed by atoms with Gasteiger partial charge in [0.2, 0.25) is 5.95 Å². The van der Waals surface area contributed by atoms with Crippen LogP contribution in [0.2, 0.25) is 0 Å². The summed E-state index contributed by atoms with van der Waals surface area (Å²) >= 11 is 0. The molecular formula is C23H25F3N6. The summed E-state index contributed by atoms with van der Waals surface area (Å²) in [6.07, 6.45) is -1.59. The number of pyridine rings is 1. The first-order valence-electron chi connectivity index (χ1n) is 10.5. The lowest BCUT2D eigenvalue weighted by molar-refractivity contribution is -0.141. The van der Waals surface area contributed by atoms with Crippen LogP contribution in [-0.4, -0.2) is 52.6 Å². The molecule has 4 rings (SSSR count). The van der Waals surface area contributed by atoms with E-state index in [1.807, 2.05) is 43.5 Å². The molecule has 0 bridgehead atoms. The van der Waals surface area contributed by atoms with Crippen LogP contribution in [0.25, 0.3) is 11.1 Å². The lowest BCUT2D eigenvalue weighted by Crippen LogP contribution is -2.46. The van der Waals surface area contributed by atoms with Gasteiger partial charge in [-0.2, -0.15) is 13.2 Å². The van der Waals surface area contributed by atoms with Gasteiger partial charge >= 0.3 is 6.18 Å². The van der Waals surface area contributed by atoms with Crippen molar-refractivity contribution >= 4 is 17.5 Å². The van der Waals surface area contributed by atoms with Crippen molar-refractivity contribution in [3.8, 4) is 11.1 Å². The lowest BCUT2D eigenvalue weighted by Gasteiger charge is -2.34. The highest BCUT2D eigenvalue weighted by Gasteiger charge is 2.32. The van der Waals surface area contributed by atoms with Gasteiger partial charge in [-0.15, -0.1) is 0 Å². The number of aryl methyl sites for hydroxylation is 1. The molecule has 3 aromatic rings. The maximum atomic E-state index is 12.9. The second-order valence-corrected chi connectivity index (χ2v) is 7.80. The minimum Gasteiger partial charge on any atom is -0.354 e. The zero-order chi connectivity index (χ0) is 22.7. The first-order valence-corrected chi connectivity index (χ1v) is 10.5. The largest absolute Gasteiger partial charge is 0.433 e. The SMILES string of the molecule is CCN1CCN(c2ccc(-c3cc(C)cc(Nc4nccc(C(F)(F)F)n4)c3)cn2)CC1. The van der Waals surface area contributed by atoms with Crippen molar-refractivity contribution in [3.05, 3.63) is 60.0 Å². The van der Waals surface area contributed by atoms with E-state index < -0.39 is 11.9 Å². The van der Waals surface area contributed by atoms with Gasteiger partial charge in [-0.25, -0.2) is 15.0 Å². The quantitative estimate of drug-likeness (QED) is 0.615. The fraction of sp³-hybridized carbons (Fsp3) is 0.348. The van der Waals surface area contributed by atoms with Crippen LogP contribution in [0.4, 0.5) is 30.6 Å². The first-order chi connectivity index (χ1) is 15.3. The minimum absolute atomic E-state index is 0.101. The van der Waals surface area contributed by atoms with Gasteiger partial charge < -0.3 is 15.1 Å². The summed E-state index contributed by atoms with van der Waals surface area (Å²) < 4.78 is 38.8. The van der Waals surface area contributed by atoms with Crippen LogP contribution in [0.3, 0.4) is 0 Å². The summed E-state index contributed by atoms with van der Waals surface area (Å²) in [5.74, 6) is 0.851. The Balaban J connectivity index is 1.52. The molecule has 32 heavy (non-hydrogen) atoms. The fourth-order valence-corrected chi connectivity index (χ4v) is 3.76. The number of nitrogens with zero attached hydrogens (tertiary/aromatic N) is 5. The first kappa shape index (κ1) is 22.0. The smallest absolute Gasteiger partial charge is 0.354 e. The molecule has 168 valence electrons. The van der Waals surface area contributed by atoms with Crippen LogP contribution in [0.15, 0.2) is 48.8 Å². The molecule has 1 fully saturated rings. The number of benzene rings is 1. The van der Waals surface area contributed by atoms with E-state index in [2.05, 4.69) is 37.0 Å². The predicted octanol–water partition coefficient (Wildman–Crippen LogP) is 4.75. The molecule has 3 heterocycles. The Bertz CT molecular complexity index is 1060. The zero-order valence-corrected chi connectivity index (χ0v) is 18.0. The van der Waals surface area contributed by atoms with Gasteiger partial charge in [-0.3, -0.25) is 0 Å². The molecule has 0 spiro atoms. The number of anilines is 3. The van der Waals surface area contributed by atoms with E-state index in [1.54, 1.807) is 0 Å². The highest BCUT2D eigenvalue weighted by molar-refractivity contribution is 5.71. The average molecular weight is 442 g/mol. The molecule has 0 saturated carbocycles. The molecule has 1 N–H and O–H groups in total. The third kappa shape index (κ3) is 5.16. The second-order valence-electron chi connectivity index (χ2n) is 7.80. The van der Waals surface area contributed by atoms with E-state index in [-0.39, 0.29) is 5.95 Å². The van der Waals surface area contributed by atoms with Gasteiger partial charge in [0.05, 0.1) is 0 Å². The molecule has 0 radical (unpaired) electrons. The van der Waals surface area contributed by atoms with Crippen LogP contribution >= 0.6 is 0 Å². The molecule has 1 aliphatic rings. The summed E-state index contributed by atoms with van der Waals surface area (Å²) in [7, 11) is 0. The minimum atomic E-state index is -4.52. The normalized spacial score (nSPS) is 15.1. The molecule has 1 aliphatic heterocycles. The van der Waals surface area contributed by atoms with E-state index in [4.69, 9.17) is 0 Å². The predicted molar refractivity (Wildman–Crippen MR) is 119 cm³/mol. The second kappa shape index (κ2) is 9.12. The van der Waals surface area contributed by atoms with Gasteiger partial charge in [0.25, 0.3) is 0 Å². The molecule has 0 unspecified atom stereocenters. The molecule has 6 nitrogen and oxygen atoms in total. The summed E-state index contributed by atoms with van der Waals surface area (Å²) in [5, 5.41) is 2.88. The van der Waals surface area contributed by atoms with Crippen molar-refractivity contribution in [2.45, 2.75) is 20.0 Å². The summed E-state index contributed by atoms with van der Waals surface area (Å²) in [6.45, 7) is 9.14. The topological polar surface area (TPSA) is 57.2 Å². The third-order valence-corrected chi connectivity index (χ3v) is 5.50. The van der Waals surface area contributed by atoms with Gasteiger partial charge in [-0.05, 0) is 54.9 Å². The number of nitrogens with one attached hydrogen (secondary N) is 1. The Morgan fingerprint density at radius 3 is 2.41 bits per heavy atom. The molecule has 1 aromatic carbocycles. The van der Waals surface area contributed by atoms with Gasteiger partial charge in [0.1, 0.15) is 11.5 Å². The number of aromatic nitrogens is 3. The Morgan fingerprint density at radius 2 is 1.75 bits per heavy atom.